The van der Waals surface area contributed by atoms with Gasteiger partial charge in [0.2, 0.25) is 0 Å². The van der Waals surface area contributed by atoms with Gasteiger partial charge in [0, 0.05) is 12.7 Å². The summed E-state index contributed by atoms with van der Waals surface area (Å²) < 4.78 is 5.05. The molecule has 0 atom stereocenters. The van der Waals surface area contributed by atoms with E-state index in [1.165, 1.54) is 0 Å². The highest BCUT2D eigenvalue weighted by Gasteiger charge is 2.38. The van der Waals surface area contributed by atoms with Crippen molar-refractivity contribution in [1.29, 1.82) is 0 Å². The third kappa shape index (κ3) is 3.40. The van der Waals surface area contributed by atoms with Gasteiger partial charge in [0.15, 0.2) is 0 Å². The molecule has 0 aliphatic carbocycles. The minimum Gasteiger partial charge on any atom is -0.450 e. The second-order valence-corrected chi connectivity index (χ2v) is 5.67. The Labute approximate surface area is 147 Å². The van der Waals surface area contributed by atoms with E-state index in [0.717, 1.165) is 16.8 Å². The summed E-state index contributed by atoms with van der Waals surface area (Å²) in [6.07, 6.45) is 3.09. The van der Waals surface area contributed by atoms with Gasteiger partial charge in [-0.15, -0.1) is 0 Å². The van der Waals surface area contributed by atoms with Crippen molar-refractivity contribution in [2.45, 2.75) is 12.3 Å². The van der Waals surface area contributed by atoms with E-state index in [2.05, 4.69) is 39.6 Å². The van der Waals surface area contributed by atoms with E-state index in [9.17, 15) is 4.79 Å². The molecule has 1 heterocycles. The van der Waals surface area contributed by atoms with Crippen molar-refractivity contribution in [2.24, 2.45) is 0 Å². The first kappa shape index (κ1) is 16.8. The van der Waals surface area contributed by atoms with Crippen LogP contribution in [0.15, 0.2) is 73.2 Å². The number of carbonyl (C=O) groups is 1. The number of nitrogens with zero attached hydrogens (tertiary/aromatic N) is 1. The first-order valence-electron chi connectivity index (χ1n) is 8.28. The number of aromatic amines is 1. The van der Waals surface area contributed by atoms with Crippen LogP contribution < -0.4 is 5.32 Å². The van der Waals surface area contributed by atoms with Gasteiger partial charge in [-0.2, -0.15) is 0 Å². The zero-order chi connectivity index (χ0) is 17.5. The van der Waals surface area contributed by atoms with Crippen molar-refractivity contribution in [1.82, 2.24) is 15.3 Å². The number of benzene rings is 2. The SMILES string of the molecule is CCOC(=O)NCC(c1ccccc1)(c1ccccc1)c1c[nH]cn1. The normalized spacial score (nSPS) is 11.1. The molecule has 2 N–H and O–H groups in total. The average Bonchev–Trinajstić information content (AvgIpc) is 3.19. The van der Waals surface area contributed by atoms with Gasteiger partial charge in [-0.05, 0) is 18.1 Å². The maximum absolute atomic E-state index is 12.0. The molecule has 128 valence electrons. The molecule has 0 spiro atoms. The molecular formula is C20H21N3O2. The Hall–Kier alpha value is -3.08. The second-order valence-electron chi connectivity index (χ2n) is 5.67. The van der Waals surface area contributed by atoms with Gasteiger partial charge in [0.25, 0.3) is 0 Å². The first-order chi connectivity index (χ1) is 12.3. The molecule has 3 aromatic rings. The number of ether oxygens (including phenoxy) is 1. The number of hydrogen-bond acceptors (Lipinski definition) is 3. The van der Waals surface area contributed by atoms with Gasteiger partial charge in [-0.25, -0.2) is 9.78 Å². The quantitative estimate of drug-likeness (QED) is 0.724. The van der Waals surface area contributed by atoms with Crippen LogP contribution in [-0.2, 0) is 10.2 Å². The highest BCUT2D eigenvalue weighted by atomic mass is 16.5. The van der Waals surface area contributed by atoms with Crippen molar-refractivity contribution >= 4 is 6.09 Å². The Morgan fingerprint density at radius 2 is 1.68 bits per heavy atom. The van der Waals surface area contributed by atoms with Crippen LogP contribution in [0.1, 0.15) is 23.7 Å². The Balaban J connectivity index is 2.13. The third-order valence-corrected chi connectivity index (χ3v) is 4.24. The largest absolute Gasteiger partial charge is 0.450 e. The van der Waals surface area contributed by atoms with Crippen molar-refractivity contribution in [3.8, 4) is 0 Å². The molecule has 25 heavy (non-hydrogen) atoms. The highest BCUT2D eigenvalue weighted by Crippen LogP contribution is 2.37. The number of H-pyrrole nitrogens is 1. The molecule has 1 aromatic heterocycles. The maximum Gasteiger partial charge on any atom is 0.407 e. The smallest absolute Gasteiger partial charge is 0.407 e. The van der Waals surface area contributed by atoms with Gasteiger partial charge in [-0.3, -0.25) is 0 Å². The molecule has 2 aromatic carbocycles. The molecule has 1 amide bonds. The lowest BCUT2D eigenvalue weighted by Gasteiger charge is -2.33. The van der Waals surface area contributed by atoms with E-state index in [0.29, 0.717) is 13.2 Å². The van der Waals surface area contributed by atoms with Crippen LogP contribution in [0.3, 0.4) is 0 Å². The van der Waals surface area contributed by atoms with Crippen LogP contribution >= 0.6 is 0 Å². The highest BCUT2D eigenvalue weighted by molar-refractivity contribution is 5.68. The van der Waals surface area contributed by atoms with E-state index in [1.54, 1.807) is 13.3 Å². The van der Waals surface area contributed by atoms with Crippen molar-refractivity contribution < 1.29 is 9.53 Å². The Bertz CT molecular complexity index is 747. The Morgan fingerprint density at radius 1 is 1.08 bits per heavy atom. The van der Waals surface area contributed by atoms with Gasteiger partial charge in [-0.1, -0.05) is 60.7 Å². The number of aromatic nitrogens is 2. The molecule has 3 rings (SSSR count). The van der Waals surface area contributed by atoms with Crippen molar-refractivity contribution in [3.05, 3.63) is 90.0 Å². The van der Waals surface area contributed by atoms with Crippen LogP contribution in [0, 0.1) is 0 Å². The summed E-state index contributed by atoms with van der Waals surface area (Å²) in [6.45, 7) is 2.46. The molecule has 5 heteroatoms. The number of hydrogen-bond donors (Lipinski definition) is 2. The molecule has 0 fully saturated rings. The number of amides is 1. The topological polar surface area (TPSA) is 67.0 Å². The van der Waals surface area contributed by atoms with E-state index in [1.807, 2.05) is 42.6 Å². The predicted molar refractivity (Wildman–Crippen MR) is 96.4 cm³/mol. The van der Waals surface area contributed by atoms with Crippen LogP contribution in [0.5, 0.6) is 0 Å². The second kappa shape index (κ2) is 7.66. The predicted octanol–water partition coefficient (Wildman–Crippen LogP) is 3.49. The molecule has 0 saturated carbocycles. The summed E-state index contributed by atoms with van der Waals surface area (Å²) in [7, 11) is 0. The van der Waals surface area contributed by atoms with E-state index in [-0.39, 0.29) is 0 Å². The number of carbonyl (C=O) groups excluding carboxylic acids is 1. The van der Waals surface area contributed by atoms with E-state index >= 15 is 0 Å². The molecule has 0 bridgehead atoms. The monoisotopic (exact) mass is 335 g/mol. The molecule has 0 saturated heterocycles. The standard InChI is InChI=1S/C20H21N3O2/c1-2-25-19(24)22-14-20(18-13-21-15-23-18,16-9-5-3-6-10-16)17-11-7-4-8-12-17/h3-13,15H,2,14H2,1H3,(H,21,23)(H,22,24). The van der Waals surface area contributed by atoms with Crippen molar-refractivity contribution in [2.75, 3.05) is 13.2 Å². The summed E-state index contributed by atoms with van der Waals surface area (Å²) in [5, 5.41) is 2.89. The number of alkyl carbamates (subject to hydrolysis) is 1. The summed E-state index contributed by atoms with van der Waals surface area (Å²) in [5.74, 6) is 0. The molecule has 5 nitrogen and oxygen atoms in total. The van der Waals surface area contributed by atoms with Crippen LogP contribution in [0.25, 0.3) is 0 Å². The lowest BCUT2D eigenvalue weighted by molar-refractivity contribution is 0.151. The fourth-order valence-corrected chi connectivity index (χ4v) is 3.08. The van der Waals surface area contributed by atoms with Gasteiger partial charge < -0.3 is 15.0 Å². The number of imidazole rings is 1. The number of nitrogens with one attached hydrogen (secondary N) is 2. The Morgan fingerprint density at radius 3 is 2.16 bits per heavy atom. The van der Waals surface area contributed by atoms with Crippen molar-refractivity contribution in [3.63, 3.8) is 0 Å². The molecule has 0 aliphatic rings. The minimum absolute atomic E-state index is 0.331. The molecular weight excluding hydrogens is 314 g/mol. The third-order valence-electron chi connectivity index (χ3n) is 4.24. The summed E-state index contributed by atoms with van der Waals surface area (Å²) in [4.78, 5) is 19.5. The van der Waals surface area contributed by atoms with Crippen LogP contribution in [0.4, 0.5) is 4.79 Å². The number of rotatable bonds is 6. The Kier molecular flexibility index (Phi) is 5.14. The van der Waals surface area contributed by atoms with Gasteiger partial charge in [0.05, 0.1) is 24.0 Å². The fraction of sp³-hybridized carbons (Fsp3) is 0.200. The van der Waals surface area contributed by atoms with Crippen LogP contribution in [-0.4, -0.2) is 29.2 Å². The molecule has 0 unspecified atom stereocenters. The lowest BCUT2D eigenvalue weighted by Crippen LogP contribution is -2.43. The molecule has 0 aliphatic heterocycles. The lowest BCUT2D eigenvalue weighted by atomic mass is 9.72. The zero-order valence-corrected chi connectivity index (χ0v) is 14.1. The average molecular weight is 335 g/mol. The summed E-state index contributed by atoms with van der Waals surface area (Å²) in [6, 6.07) is 20.1. The molecule has 0 radical (unpaired) electrons. The first-order valence-corrected chi connectivity index (χ1v) is 8.28. The minimum atomic E-state index is -0.616. The van der Waals surface area contributed by atoms with Crippen LogP contribution in [0.2, 0.25) is 0 Å². The van der Waals surface area contributed by atoms with E-state index in [4.69, 9.17) is 4.74 Å². The summed E-state index contributed by atoms with van der Waals surface area (Å²) in [5.41, 5.74) is 2.31. The van der Waals surface area contributed by atoms with Gasteiger partial charge in [0.1, 0.15) is 0 Å². The summed E-state index contributed by atoms with van der Waals surface area (Å²) >= 11 is 0. The zero-order valence-electron chi connectivity index (χ0n) is 14.1. The fourth-order valence-electron chi connectivity index (χ4n) is 3.08. The van der Waals surface area contributed by atoms with E-state index < -0.39 is 11.5 Å². The maximum atomic E-state index is 12.0. The van der Waals surface area contributed by atoms with Gasteiger partial charge >= 0.3 is 6.09 Å².